The second kappa shape index (κ2) is 7.67. The monoisotopic (exact) mass is 458 g/mol. The van der Waals surface area contributed by atoms with Gasteiger partial charge in [-0.15, -0.1) is 0 Å². The van der Waals surface area contributed by atoms with E-state index in [2.05, 4.69) is 76.4 Å². The quantitative estimate of drug-likeness (QED) is 0.282. The van der Waals surface area contributed by atoms with Crippen molar-refractivity contribution in [3.05, 3.63) is 103 Å². The molecule has 170 valence electrons. The standard InChI is InChI=1S/C29H22N4O2/c1-31-19-32(27-12-5-4-11-26(27)31)20-7-6-8-21(17-20)35-22-13-14-24-23-9-2-3-10-25(23)33(28(24)18-22)29-30-15-16-34-29/h2-18H,19H2,1H3. The van der Waals surface area contributed by atoms with Crippen LogP contribution in [0.2, 0.25) is 0 Å². The molecule has 6 nitrogen and oxygen atoms in total. The molecule has 35 heavy (non-hydrogen) atoms. The molecule has 3 heterocycles. The van der Waals surface area contributed by atoms with E-state index in [0.717, 1.165) is 45.7 Å². The van der Waals surface area contributed by atoms with Crippen LogP contribution in [0.3, 0.4) is 0 Å². The summed E-state index contributed by atoms with van der Waals surface area (Å²) in [6, 6.07) is 31.6. The maximum absolute atomic E-state index is 6.37. The molecule has 0 atom stereocenters. The minimum atomic E-state index is 0.534. The SMILES string of the molecule is CN1CN(c2cccc(Oc3ccc4c5ccccc5n(-c5ncco5)c4c3)c2)c2ccccc21. The van der Waals surface area contributed by atoms with E-state index in [0.29, 0.717) is 6.01 Å². The van der Waals surface area contributed by atoms with Gasteiger partial charge in [0.1, 0.15) is 17.8 Å². The van der Waals surface area contributed by atoms with E-state index in [-0.39, 0.29) is 0 Å². The summed E-state index contributed by atoms with van der Waals surface area (Å²) in [5, 5.41) is 2.27. The highest BCUT2D eigenvalue weighted by Gasteiger charge is 2.24. The summed E-state index contributed by atoms with van der Waals surface area (Å²) in [4.78, 5) is 8.94. The van der Waals surface area contributed by atoms with Crippen LogP contribution in [0.1, 0.15) is 0 Å². The fourth-order valence-corrected chi connectivity index (χ4v) is 5.00. The van der Waals surface area contributed by atoms with Gasteiger partial charge in [0.25, 0.3) is 0 Å². The Kier molecular flexibility index (Phi) is 4.32. The van der Waals surface area contributed by atoms with Gasteiger partial charge in [0.15, 0.2) is 0 Å². The molecule has 0 saturated carbocycles. The third kappa shape index (κ3) is 3.14. The van der Waals surface area contributed by atoms with Crippen molar-refractivity contribution in [2.45, 2.75) is 0 Å². The van der Waals surface area contributed by atoms with E-state index in [1.165, 1.54) is 11.4 Å². The van der Waals surface area contributed by atoms with E-state index in [4.69, 9.17) is 9.15 Å². The maximum Gasteiger partial charge on any atom is 0.306 e. The third-order valence-electron chi connectivity index (χ3n) is 6.56. The summed E-state index contributed by atoms with van der Waals surface area (Å²) in [5.74, 6) is 1.54. The highest BCUT2D eigenvalue weighted by atomic mass is 16.5. The molecule has 0 aliphatic carbocycles. The first kappa shape index (κ1) is 19.7. The van der Waals surface area contributed by atoms with Crippen LogP contribution in [0.4, 0.5) is 17.1 Å². The molecule has 6 aromatic rings. The zero-order chi connectivity index (χ0) is 23.4. The second-order valence-electron chi connectivity index (χ2n) is 8.70. The molecule has 0 bridgehead atoms. The lowest BCUT2D eigenvalue weighted by molar-refractivity contribution is 0.483. The van der Waals surface area contributed by atoms with Crippen molar-refractivity contribution in [2.24, 2.45) is 0 Å². The van der Waals surface area contributed by atoms with Crippen LogP contribution in [0, 0.1) is 0 Å². The number of ether oxygens (including phenoxy) is 1. The largest absolute Gasteiger partial charge is 0.457 e. The number of hydrogen-bond acceptors (Lipinski definition) is 5. The molecule has 1 aliphatic heterocycles. The molecular formula is C29H22N4O2. The summed E-state index contributed by atoms with van der Waals surface area (Å²) in [6.07, 6.45) is 3.26. The van der Waals surface area contributed by atoms with Gasteiger partial charge in [-0.1, -0.05) is 36.4 Å². The number of aromatic nitrogens is 2. The van der Waals surface area contributed by atoms with Crippen molar-refractivity contribution < 1.29 is 9.15 Å². The number of benzene rings is 4. The topological polar surface area (TPSA) is 46.7 Å². The van der Waals surface area contributed by atoms with Crippen molar-refractivity contribution in [2.75, 3.05) is 23.5 Å². The first-order valence-electron chi connectivity index (χ1n) is 11.5. The lowest BCUT2D eigenvalue weighted by Gasteiger charge is -2.20. The van der Waals surface area contributed by atoms with Crippen LogP contribution in [-0.4, -0.2) is 23.3 Å². The number of anilines is 3. The fourth-order valence-electron chi connectivity index (χ4n) is 5.00. The lowest BCUT2D eigenvalue weighted by Crippen LogP contribution is -2.23. The smallest absolute Gasteiger partial charge is 0.306 e. The molecule has 7 rings (SSSR count). The van der Waals surface area contributed by atoms with Crippen LogP contribution in [0.15, 0.2) is 108 Å². The van der Waals surface area contributed by atoms with Gasteiger partial charge in [0.05, 0.1) is 35.3 Å². The summed E-state index contributed by atoms with van der Waals surface area (Å²) >= 11 is 0. The van der Waals surface area contributed by atoms with Crippen LogP contribution < -0.4 is 14.5 Å². The van der Waals surface area contributed by atoms with Gasteiger partial charge >= 0.3 is 6.01 Å². The number of para-hydroxylation sites is 3. The molecule has 4 aromatic carbocycles. The molecule has 1 aliphatic rings. The maximum atomic E-state index is 6.37. The molecule has 2 aromatic heterocycles. The molecule has 0 amide bonds. The van der Waals surface area contributed by atoms with Gasteiger partial charge in [0, 0.05) is 35.6 Å². The van der Waals surface area contributed by atoms with Crippen LogP contribution in [0.25, 0.3) is 27.8 Å². The van der Waals surface area contributed by atoms with Crippen LogP contribution in [0.5, 0.6) is 11.5 Å². The first-order valence-corrected chi connectivity index (χ1v) is 11.5. The Hall–Kier alpha value is -4.71. The van der Waals surface area contributed by atoms with Gasteiger partial charge in [-0.25, -0.2) is 4.98 Å². The minimum Gasteiger partial charge on any atom is -0.457 e. The van der Waals surface area contributed by atoms with Gasteiger partial charge in [0.2, 0.25) is 0 Å². The summed E-state index contributed by atoms with van der Waals surface area (Å²) in [7, 11) is 2.11. The van der Waals surface area contributed by atoms with Crippen LogP contribution >= 0.6 is 0 Å². The fraction of sp³-hybridized carbons (Fsp3) is 0.0690. The molecule has 0 unspecified atom stereocenters. The Morgan fingerprint density at radius 2 is 1.57 bits per heavy atom. The van der Waals surface area contributed by atoms with Crippen molar-refractivity contribution in [1.29, 1.82) is 0 Å². The number of fused-ring (bicyclic) bond motifs is 4. The average Bonchev–Trinajstić information content (AvgIpc) is 3.61. The number of hydrogen-bond donors (Lipinski definition) is 0. The van der Waals surface area contributed by atoms with Gasteiger partial charge in [-0.2, -0.15) is 0 Å². The van der Waals surface area contributed by atoms with E-state index in [1.807, 2.05) is 41.0 Å². The molecule has 0 saturated heterocycles. The molecular weight excluding hydrogens is 436 g/mol. The third-order valence-corrected chi connectivity index (χ3v) is 6.56. The molecule has 0 N–H and O–H groups in total. The minimum absolute atomic E-state index is 0.534. The van der Waals surface area contributed by atoms with Crippen molar-refractivity contribution in [3.63, 3.8) is 0 Å². The predicted octanol–water partition coefficient (Wildman–Crippen LogP) is 7.11. The zero-order valence-electron chi connectivity index (χ0n) is 19.1. The lowest BCUT2D eigenvalue weighted by atomic mass is 10.1. The van der Waals surface area contributed by atoms with E-state index < -0.39 is 0 Å². The molecule has 0 fully saturated rings. The first-order chi connectivity index (χ1) is 17.3. The highest BCUT2D eigenvalue weighted by Crippen LogP contribution is 2.41. The Balaban J connectivity index is 1.28. The Morgan fingerprint density at radius 1 is 0.771 bits per heavy atom. The van der Waals surface area contributed by atoms with Gasteiger partial charge in [-0.3, -0.25) is 4.57 Å². The van der Waals surface area contributed by atoms with Crippen LogP contribution in [-0.2, 0) is 0 Å². The Labute approximate surface area is 202 Å². The number of nitrogens with zero attached hydrogens (tertiary/aromatic N) is 4. The summed E-state index contributed by atoms with van der Waals surface area (Å²) < 4.78 is 14.1. The number of rotatable bonds is 4. The molecule has 6 heteroatoms. The second-order valence-corrected chi connectivity index (χ2v) is 8.70. The molecule has 0 spiro atoms. The van der Waals surface area contributed by atoms with E-state index >= 15 is 0 Å². The van der Waals surface area contributed by atoms with Crippen molar-refractivity contribution in [1.82, 2.24) is 9.55 Å². The highest BCUT2D eigenvalue weighted by molar-refractivity contribution is 6.09. The molecule has 0 radical (unpaired) electrons. The van der Waals surface area contributed by atoms with E-state index in [1.54, 1.807) is 12.5 Å². The summed E-state index contributed by atoms with van der Waals surface area (Å²) in [5.41, 5.74) is 5.54. The Bertz CT molecular complexity index is 1690. The van der Waals surface area contributed by atoms with Gasteiger partial charge < -0.3 is 19.0 Å². The van der Waals surface area contributed by atoms with Crippen molar-refractivity contribution in [3.8, 4) is 17.5 Å². The zero-order valence-corrected chi connectivity index (χ0v) is 19.1. The normalized spacial score (nSPS) is 13.1. The van der Waals surface area contributed by atoms with Crippen molar-refractivity contribution >= 4 is 38.9 Å². The van der Waals surface area contributed by atoms with Gasteiger partial charge in [-0.05, 0) is 42.5 Å². The predicted molar refractivity (Wildman–Crippen MR) is 139 cm³/mol. The number of oxazole rings is 1. The van der Waals surface area contributed by atoms with E-state index in [9.17, 15) is 0 Å². The summed E-state index contributed by atoms with van der Waals surface area (Å²) in [6.45, 7) is 0.797. The Morgan fingerprint density at radius 3 is 2.46 bits per heavy atom. The average molecular weight is 459 g/mol.